The van der Waals surface area contributed by atoms with Gasteiger partial charge < -0.3 is 10.5 Å². The number of rotatable bonds is 2. The SMILES string of the molecule is CC(C)Oc1cc(N)ncc1Br. The molecule has 0 radical (unpaired) electrons. The summed E-state index contributed by atoms with van der Waals surface area (Å²) in [6.45, 7) is 3.92. The fourth-order valence-corrected chi connectivity index (χ4v) is 1.09. The van der Waals surface area contributed by atoms with E-state index < -0.39 is 0 Å². The van der Waals surface area contributed by atoms with Crippen LogP contribution in [0.4, 0.5) is 5.82 Å². The number of hydrogen-bond donors (Lipinski definition) is 1. The molecule has 0 saturated heterocycles. The van der Waals surface area contributed by atoms with Crippen LogP contribution < -0.4 is 10.5 Å². The Bertz CT molecular complexity index is 276. The minimum Gasteiger partial charge on any atom is -0.490 e. The highest BCUT2D eigenvalue weighted by Crippen LogP contribution is 2.25. The zero-order valence-electron chi connectivity index (χ0n) is 7.04. The van der Waals surface area contributed by atoms with Gasteiger partial charge in [-0.3, -0.25) is 0 Å². The molecular weight excluding hydrogens is 220 g/mol. The van der Waals surface area contributed by atoms with Crippen molar-refractivity contribution in [2.75, 3.05) is 5.73 Å². The molecule has 0 bridgehead atoms. The zero-order chi connectivity index (χ0) is 9.14. The van der Waals surface area contributed by atoms with E-state index in [1.807, 2.05) is 13.8 Å². The van der Waals surface area contributed by atoms with Gasteiger partial charge in [0.2, 0.25) is 0 Å². The van der Waals surface area contributed by atoms with Crippen LogP contribution >= 0.6 is 15.9 Å². The van der Waals surface area contributed by atoms with Crippen LogP contribution in [0.1, 0.15) is 13.8 Å². The number of pyridine rings is 1. The second-order valence-electron chi connectivity index (χ2n) is 2.71. The van der Waals surface area contributed by atoms with E-state index in [1.54, 1.807) is 12.3 Å². The van der Waals surface area contributed by atoms with Crippen LogP contribution in [-0.4, -0.2) is 11.1 Å². The largest absolute Gasteiger partial charge is 0.490 e. The summed E-state index contributed by atoms with van der Waals surface area (Å²) in [4.78, 5) is 3.90. The second kappa shape index (κ2) is 3.76. The van der Waals surface area contributed by atoms with E-state index in [-0.39, 0.29) is 6.10 Å². The molecule has 12 heavy (non-hydrogen) atoms. The normalized spacial score (nSPS) is 10.3. The smallest absolute Gasteiger partial charge is 0.139 e. The van der Waals surface area contributed by atoms with E-state index in [0.717, 1.165) is 10.2 Å². The average Bonchev–Trinajstić information content (AvgIpc) is 1.96. The number of aromatic nitrogens is 1. The Hall–Kier alpha value is -0.770. The molecule has 4 heteroatoms. The van der Waals surface area contributed by atoms with E-state index >= 15 is 0 Å². The zero-order valence-corrected chi connectivity index (χ0v) is 8.63. The van der Waals surface area contributed by atoms with Crippen LogP contribution in [0.15, 0.2) is 16.7 Å². The summed E-state index contributed by atoms with van der Waals surface area (Å²) in [6.07, 6.45) is 1.77. The lowest BCUT2D eigenvalue weighted by molar-refractivity contribution is 0.241. The molecule has 0 fully saturated rings. The van der Waals surface area contributed by atoms with E-state index in [0.29, 0.717) is 5.82 Å². The molecule has 0 aliphatic heterocycles. The molecule has 1 heterocycles. The first-order chi connectivity index (χ1) is 5.59. The van der Waals surface area contributed by atoms with Crippen molar-refractivity contribution in [2.45, 2.75) is 20.0 Å². The van der Waals surface area contributed by atoms with Crippen molar-refractivity contribution in [1.29, 1.82) is 0 Å². The van der Waals surface area contributed by atoms with E-state index in [2.05, 4.69) is 20.9 Å². The van der Waals surface area contributed by atoms with Gasteiger partial charge in [-0.15, -0.1) is 0 Å². The fraction of sp³-hybridized carbons (Fsp3) is 0.375. The number of anilines is 1. The molecule has 0 atom stereocenters. The van der Waals surface area contributed by atoms with E-state index in [4.69, 9.17) is 10.5 Å². The second-order valence-corrected chi connectivity index (χ2v) is 3.56. The first kappa shape index (κ1) is 9.32. The van der Waals surface area contributed by atoms with Crippen molar-refractivity contribution in [3.63, 3.8) is 0 Å². The lowest BCUT2D eigenvalue weighted by atomic mass is 10.4. The van der Waals surface area contributed by atoms with Crippen LogP contribution in [-0.2, 0) is 0 Å². The van der Waals surface area contributed by atoms with Gasteiger partial charge >= 0.3 is 0 Å². The van der Waals surface area contributed by atoms with Crippen LogP contribution in [0.3, 0.4) is 0 Å². The van der Waals surface area contributed by atoms with Gasteiger partial charge in [-0.2, -0.15) is 0 Å². The molecule has 0 aliphatic rings. The quantitative estimate of drug-likeness (QED) is 0.848. The van der Waals surface area contributed by atoms with Crippen LogP contribution in [0.25, 0.3) is 0 Å². The molecule has 1 aromatic rings. The maximum absolute atomic E-state index is 5.49. The lowest BCUT2D eigenvalue weighted by Gasteiger charge is -2.10. The maximum Gasteiger partial charge on any atom is 0.139 e. The fourth-order valence-electron chi connectivity index (χ4n) is 0.780. The number of ether oxygens (including phenoxy) is 1. The first-order valence-corrected chi connectivity index (χ1v) is 4.46. The van der Waals surface area contributed by atoms with Crippen molar-refractivity contribution in [2.24, 2.45) is 0 Å². The molecule has 3 nitrogen and oxygen atoms in total. The van der Waals surface area contributed by atoms with Gasteiger partial charge in [0.1, 0.15) is 11.6 Å². The molecular formula is C8H11BrN2O. The first-order valence-electron chi connectivity index (χ1n) is 3.67. The molecule has 0 amide bonds. The standard InChI is InChI=1S/C8H11BrN2O/c1-5(2)12-7-3-8(10)11-4-6(7)9/h3-5H,1-2H3,(H2,10,11). The Morgan fingerprint density at radius 3 is 2.83 bits per heavy atom. The summed E-state index contributed by atoms with van der Waals surface area (Å²) in [6, 6.07) is 1.70. The highest BCUT2D eigenvalue weighted by molar-refractivity contribution is 9.10. The Morgan fingerprint density at radius 1 is 1.58 bits per heavy atom. The van der Waals surface area contributed by atoms with Gasteiger partial charge in [0.05, 0.1) is 10.6 Å². The molecule has 1 aromatic heterocycles. The molecule has 0 spiro atoms. The Kier molecular flexibility index (Phi) is 2.92. The maximum atomic E-state index is 5.49. The van der Waals surface area contributed by atoms with Crippen LogP contribution in [0.5, 0.6) is 5.75 Å². The minimum absolute atomic E-state index is 0.142. The average molecular weight is 231 g/mol. The monoisotopic (exact) mass is 230 g/mol. The van der Waals surface area contributed by atoms with Crippen molar-refractivity contribution < 1.29 is 4.74 Å². The predicted octanol–water partition coefficient (Wildman–Crippen LogP) is 2.21. The van der Waals surface area contributed by atoms with Crippen molar-refractivity contribution in [1.82, 2.24) is 4.98 Å². The highest BCUT2D eigenvalue weighted by Gasteiger charge is 2.03. The minimum atomic E-state index is 0.142. The summed E-state index contributed by atoms with van der Waals surface area (Å²) in [5.41, 5.74) is 5.49. The number of hydrogen-bond acceptors (Lipinski definition) is 3. The third-order valence-electron chi connectivity index (χ3n) is 1.20. The van der Waals surface area contributed by atoms with Gasteiger partial charge in [-0.25, -0.2) is 4.98 Å². The summed E-state index contributed by atoms with van der Waals surface area (Å²) in [5.74, 6) is 1.20. The summed E-state index contributed by atoms with van der Waals surface area (Å²) < 4.78 is 6.28. The van der Waals surface area contributed by atoms with Crippen LogP contribution in [0, 0.1) is 0 Å². The highest BCUT2D eigenvalue weighted by atomic mass is 79.9. The molecule has 0 unspecified atom stereocenters. The predicted molar refractivity (Wildman–Crippen MR) is 52.1 cm³/mol. The number of nitrogens with zero attached hydrogens (tertiary/aromatic N) is 1. The molecule has 0 aliphatic carbocycles. The Labute approximate surface area is 80.1 Å². The Balaban J connectivity index is 2.90. The van der Waals surface area contributed by atoms with Gasteiger partial charge in [0.25, 0.3) is 0 Å². The van der Waals surface area contributed by atoms with Gasteiger partial charge in [0.15, 0.2) is 0 Å². The molecule has 0 saturated carbocycles. The summed E-state index contributed by atoms with van der Waals surface area (Å²) >= 11 is 3.32. The topological polar surface area (TPSA) is 48.1 Å². The van der Waals surface area contributed by atoms with Crippen molar-refractivity contribution in [3.05, 3.63) is 16.7 Å². The van der Waals surface area contributed by atoms with E-state index in [1.165, 1.54) is 0 Å². The van der Waals surface area contributed by atoms with Gasteiger partial charge in [-0.1, -0.05) is 0 Å². The molecule has 2 N–H and O–H groups in total. The number of nitrogen functional groups attached to an aromatic ring is 1. The number of halogens is 1. The van der Waals surface area contributed by atoms with E-state index in [9.17, 15) is 0 Å². The molecule has 1 rings (SSSR count). The van der Waals surface area contributed by atoms with Gasteiger partial charge in [0, 0.05) is 12.3 Å². The lowest BCUT2D eigenvalue weighted by Crippen LogP contribution is -2.06. The number of nitrogens with two attached hydrogens (primary N) is 1. The summed E-state index contributed by atoms with van der Waals surface area (Å²) in [7, 11) is 0. The van der Waals surface area contributed by atoms with Crippen LogP contribution in [0.2, 0.25) is 0 Å². The Morgan fingerprint density at radius 2 is 2.25 bits per heavy atom. The van der Waals surface area contributed by atoms with Crippen molar-refractivity contribution in [3.8, 4) is 5.75 Å². The van der Waals surface area contributed by atoms with Gasteiger partial charge in [-0.05, 0) is 29.8 Å². The molecule has 66 valence electrons. The molecule has 0 aromatic carbocycles. The summed E-state index contributed by atoms with van der Waals surface area (Å²) in [5, 5.41) is 0. The third kappa shape index (κ3) is 2.37. The third-order valence-corrected chi connectivity index (χ3v) is 1.80. The van der Waals surface area contributed by atoms with Crippen molar-refractivity contribution >= 4 is 21.7 Å².